The van der Waals surface area contributed by atoms with Gasteiger partial charge in [0.2, 0.25) is 0 Å². The molecule has 0 aromatic carbocycles. The summed E-state index contributed by atoms with van der Waals surface area (Å²) in [5, 5.41) is 4.49. The molecule has 0 saturated carbocycles. The average Bonchev–Trinajstić information content (AvgIpc) is 3.10. The Bertz CT molecular complexity index is 449. The summed E-state index contributed by atoms with van der Waals surface area (Å²) < 4.78 is 5.47. The first-order valence-electron chi connectivity index (χ1n) is 8.35. The molecule has 116 valence electrons. The van der Waals surface area contributed by atoms with Crippen LogP contribution in [0.3, 0.4) is 0 Å². The third-order valence-electron chi connectivity index (χ3n) is 5.48. The van der Waals surface area contributed by atoms with E-state index in [0.29, 0.717) is 5.41 Å². The lowest BCUT2D eigenvalue weighted by atomic mass is 9.78. The molecule has 21 heavy (non-hydrogen) atoms. The molecule has 0 N–H and O–H groups in total. The first-order chi connectivity index (χ1) is 10.3. The molecule has 4 heteroatoms. The van der Waals surface area contributed by atoms with E-state index in [1.807, 2.05) is 11.3 Å². The highest BCUT2D eigenvalue weighted by Crippen LogP contribution is 2.40. The predicted molar refractivity (Wildman–Crippen MR) is 86.6 cm³/mol. The predicted octanol–water partition coefficient (Wildman–Crippen LogP) is 2.68. The summed E-state index contributed by atoms with van der Waals surface area (Å²) in [4.78, 5) is 5.36. The number of hydrogen-bond donors (Lipinski definition) is 0. The number of ether oxygens (including phenoxy) is 1. The molecule has 0 bridgehead atoms. The van der Waals surface area contributed by atoms with Gasteiger partial charge in [-0.15, -0.1) is 0 Å². The van der Waals surface area contributed by atoms with Gasteiger partial charge in [0, 0.05) is 51.4 Å². The van der Waals surface area contributed by atoms with Gasteiger partial charge in [-0.2, -0.15) is 11.3 Å². The maximum Gasteiger partial charge on any atom is 0.0469 e. The molecule has 1 spiro atoms. The molecule has 0 radical (unpaired) electrons. The molecule has 0 unspecified atom stereocenters. The van der Waals surface area contributed by atoms with E-state index in [1.165, 1.54) is 57.5 Å². The second-order valence-corrected chi connectivity index (χ2v) is 8.10. The van der Waals surface area contributed by atoms with E-state index in [4.69, 9.17) is 4.74 Å². The quantitative estimate of drug-likeness (QED) is 0.850. The van der Waals surface area contributed by atoms with Crippen molar-refractivity contribution in [1.82, 2.24) is 9.80 Å². The lowest BCUT2D eigenvalue weighted by Crippen LogP contribution is -2.58. The van der Waals surface area contributed by atoms with Crippen LogP contribution < -0.4 is 0 Å². The number of thiophene rings is 1. The highest BCUT2D eigenvalue weighted by molar-refractivity contribution is 7.07. The van der Waals surface area contributed by atoms with Crippen molar-refractivity contribution in [2.24, 2.45) is 11.3 Å². The van der Waals surface area contributed by atoms with Crippen LogP contribution in [0.1, 0.15) is 24.8 Å². The molecule has 3 aliphatic heterocycles. The second kappa shape index (κ2) is 5.99. The van der Waals surface area contributed by atoms with Crippen LogP contribution in [-0.2, 0) is 11.3 Å². The van der Waals surface area contributed by atoms with E-state index in [1.54, 1.807) is 0 Å². The Morgan fingerprint density at radius 3 is 2.76 bits per heavy atom. The smallest absolute Gasteiger partial charge is 0.0469 e. The van der Waals surface area contributed by atoms with Gasteiger partial charge in [0.05, 0.1) is 0 Å². The molecule has 4 rings (SSSR count). The zero-order valence-corrected chi connectivity index (χ0v) is 13.6. The number of rotatable bonds is 4. The van der Waals surface area contributed by atoms with Crippen molar-refractivity contribution in [3.8, 4) is 0 Å². The summed E-state index contributed by atoms with van der Waals surface area (Å²) in [7, 11) is 0. The zero-order chi connectivity index (χ0) is 14.1. The molecule has 3 nitrogen and oxygen atoms in total. The van der Waals surface area contributed by atoms with Crippen molar-refractivity contribution in [2.75, 3.05) is 45.9 Å². The Morgan fingerprint density at radius 1 is 1.19 bits per heavy atom. The summed E-state index contributed by atoms with van der Waals surface area (Å²) in [6.45, 7) is 9.72. The van der Waals surface area contributed by atoms with Crippen molar-refractivity contribution in [3.05, 3.63) is 22.4 Å². The maximum atomic E-state index is 5.47. The molecular weight excluding hydrogens is 280 g/mol. The van der Waals surface area contributed by atoms with Crippen LogP contribution in [0.15, 0.2) is 16.8 Å². The maximum absolute atomic E-state index is 5.47. The summed E-state index contributed by atoms with van der Waals surface area (Å²) in [5.41, 5.74) is 2.12. The van der Waals surface area contributed by atoms with E-state index in [-0.39, 0.29) is 0 Å². The normalized spacial score (nSPS) is 27.2. The molecule has 0 atom stereocenters. The fourth-order valence-corrected chi connectivity index (χ4v) is 5.05. The number of nitrogens with zero attached hydrogens (tertiary/aromatic N) is 2. The minimum absolute atomic E-state index is 0.626. The standard InChI is InChI=1S/C17H26N2OS/c1-6-20-7-2-15(1)9-19-13-17(14-19)4-5-18(12-17)10-16-3-8-21-11-16/h3,8,11,15H,1-2,4-7,9-10,12-14H2. The fourth-order valence-electron chi connectivity index (χ4n) is 4.39. The average molecular weight is 306 g/mol. The van der Waals surface area contributed by atoms with Crippen molar-refractivity contribution < 1.29 is 4.74 Å². The first kappa shape index (κ1) is 14.2. The minimum atomic E-state index is 0.626. The topological polar surface area (TPSA) is 15.7 Å². The number of hydrogen-bond acceptors (Lipinski definition) is 4. The fraction of sp³-hybridized carbons (Fsp3) is 0.765. The monoisotopic (exact) mass is 306 g/mol. The van der Waals surface area contributed by atoms with Gasteiger partial charge in [0.25, 0.3) is 0 Å². The second-order valence-electron chi connectivity index (χ2n) is 7.32. The third kappa shape index (κ3) is 3.19. The number of likely N-dealkylation sites (tertiary alicyclic amines) is 2. The minimum Gasteiger partial charge on any atom is -0.381 e. The van der Waals surface area contributed by atoms with Crippen LogP contribution in [-0.4, -0.2) is 55.7 Å². The van der Waals surface area contributed by atoms with Gasteiger partial charge in [-0.05, 0) is 54.1 Å². The van der Waals surface area contributed by atoms with Gasteiger partial charge in [0.15, 0.2) is 0 Å². The van der Waals surface area contributed by atoms with Gasteiger partial charge >= 0.3 is 0 Å². The van der Waals surface area contributed by atoms with E-state index in [9.17, 15) is 0 Å². The van der Waals surface area contributed by atoms with E-state index >= 15 is 0 Å². The van der Waals surface area contributed by atoms with Gasteiger partial charge in [-0.1, -0.05) is 0 Å². The first-order valence-corrected chi connectivity index (χ1v) is 9.29. The Kier molecular flexibility index (Phi) is 4.05. The van der Waals surface area contributed by atoms with Gasteiger partial charge < -0.3 is 9.64 Å². The van der Waals surface area contributed by atoms with Crippen LogP contribution in [0, 0.1) is 11.3 Å². The Labute approximate surface area is 131 Å². The van der Waals surface area contributed by atoms with Gasteiger partial charge in [0.1, 0.15) is 0 Å². The van der Waals surface area contributed by atoms with Crippen LogP contribution in [0.25, 0.3) is 0 Å². The molecule has 3 fully saturated rings. The zero-order valence-electron chi connectivity index (χ0n) is 12.8. The Hall–Kier alpha value is -0.420. The molecule has 4 heterocycles. The highest BCUT2D eigenvalue weighted by Gasteiger charge is 2.47. The van der Waals surface area contributed by atoms with Crippen LogP contribution in [0.5, 0.6) is 0 Å². The SMILES string of the molecule is c1cc(CN2CCC3(C2)CN(CC2CCOCC2)C3)cs1. The molecule has 1 aromatic rings. The molecule has 0 amide bonds. The highest BCUT2D eigenvalue weighted by atomic mass is 32.1. The Balaban J connectivity index is 1.23. The van der Waals surface area contributed by atoms with Crippen LogP contribution in [0.2, 0.25) is 0 Å². The van der Waals surface area contributed by atoms with Crippen molar-refractivity contribution >= 4 is 11.3 Å². The molecule has 0 aliphatic carbocycles. The molecule has 3 aliphatic rings. The lowest BCUT2D eigenvalue weighted by Gasteiger charge is -2.49. The summed E-state index contributed by atoms with van der Waals surface area (Å²) in [6.07, 6.45) is 3.95. The molecular formula is C17H26N2OS. The van der Waals surface area contributed by atoms with E-state index in [2.05, 4.69) is 26.6 Å². The third-order valence-corrected chi connectivity index (χ3v) is 6.21. The van der Waals surface area contributed by atoms with Crippen molar-refractivity contribution in [1.29, 1.82) is 0 Å². The Morgan fingerprint density at radius 2 is 2.00 bits per heavy atom. The molecule has 3 saturated heterocycles. The summed E-state index contributed by atoms with van der Waals surface area (Å²) in [6, 6.07) is 2.27. The largest absolute Gasteiger partial charge is 0.381 e. The summed E-state index contributed by atoms with van der Waals surface area (Å²) in [5.74, 6) is 0.888. The van der Waals surface area contributed by atoms with Crippen LogP contribution in [0.4, 0.5) is 0 Å². The van der Waals surface area contributed by atoms with Crippen molar-refractivity contribution in [2.45, 2.75) is 25.8 Å². The molecule has 1 aromatic heterocycles. The summed E-state index contributed by atoms with van der Waals surface area (Å²) >= 11 is 1.82. The van der Waals surface area contributed by atoms with Gasteiger partial charge in [-0.3, -0.25) is 4.90 Å². The van der Waals surface area contributed by atoms with Gasteiger partial charge in [-0.25, -0.2) is 0 Å². The van der Waals surface area contributed by atoms with Crippen LogP contribution >= 0.6 is 11.3 Å². The van der Waals surface area contributed by atoms with Crippen molar-refractivity contribution in [3.63, 3.8) is 0 Å². The van der Waals surface area contributed by atoms with E-state index in [0.717, 1.165) is 25.7 Å². The lowest BCUT2D eigenvalue weighted by molar-refractivity contribution is -0.0211. The van der Waals surface area contributed by atoms with E-state index < -0.39 is 0 Å².